The Kier molecular flexibility index (Phi) is 5.99. The Labute approximate surface area is 158 Å². The summed E-state index contributed by atoms with van der Waals surface area (Å²) in [5, 5.41) is 15.2. The molecule has 0 saturated carbocycles. The lowest BCUT2D eigenvalue weighted by Gasteiger charge is -2.23. The van der Waals surface area contributed by atoms with Crippen LogP contribution in [0.1, 0.15) is 17.3 Å². The van der Waals surface area contributed by atoms with Gasteiger partial charge in [0, 0.05) is 23.2 Å². The van der Waals surface area contributed by atoms with Crippen molar-refractivity contribution in [3.05, 3.63) is 100 Å². The predicted molar refractivity (Wildman–Crippen MR) is 105 cm³/mol. The number of nitrogens with one attached hydrogen (secondary N) is 1. The van der Waals surface area contributed by atoms with Crippen molar-refractivity contribution in [1.82, 2.24) is 4.98 Å². The zero-order chi connectivity index (χ0) is 19.1. The molecule has 0 bridgehead atoms. The number of rotatable bonds is 8. The Morgan fingerprint density at radius 3 is 2.33 bits per heavy atom. The Hall–Kier alpha value is -3.41. The van der Waals surface area contributed by atoms with Crippen molar-refractivity contribution in [2.45, 2.75) is 18.5 Å². The second kappa shape index (κ2) is 8.80. The number of aromatic nitrogens is 1. The third kappa shape index (κ3) is 4.82. The van der Waals surface area contributed by atoms with Gasteiger partial charge in [0.2, 0.25) is 6.04 Å². The van der Waals surface area contributed by atoms with Crippen LogP contribution < -0.4 is 10.1 Å². The summed E-state index contributed by atoms with van der Waals surface area (Å²) in [4.78, 5) is 16.1. The fourth-order valence-electron chi connectivity index (χ4n) is 2.96. The molecule has 2 atom stereocenters. The maximum atomic E-state index is 11.9. The van der Waals surface area contributed by atoms with E-state index in [1.54, 1.807) is 19.4 Å². The molecule has 3 aromatic rings. The molecule has 138 valence electrons. The fraction of sp³-hybridized carbons (Fsp3) is 0.190. The number of hydrogen-bond donors (Lipinski definition) is 1. The quantitative estimate of drug-likeness (QED) is 0.481. The first-order chi connectivity index (χ1) is 13.2. The molecule has 0 fully saturated rings. The summed E-state index contributed by atoms with van der Waals surface area (Å²) in [5.74, 6) is 0.727. The average molecular weight is 363 g/mol. The van der Waals surface area contributed by atoms with Gasteiger partial charge in [-0.1, -0.05) is 36.4 Å². The van der Waals surface area contributed by atoms with Gasteiger partial charge in [0.25, 0.3) is 0 Å². The molecule has 6 nitrogen and oxygen atoms in total. The summed E-state index contributed by atoms with van der Waals surface area (Å²) in [6.45, 7) is 0. The summed E-state index contributed by atoms with van der Waals surface area (Å²) in [6, 6.07) is 20.8. The number of ether oxygens (including phenoxy) is 1. The van der Waals surface area contributed by atoms with E-state index in [0.717, 1.165) is 17.0 Å². The molecule has 6 heteroatoms. The van der Waals surface area contributed by atoms with E-state index in [2.05, 4.69) is 10.3 Å². The van der Waals surface area contributed by atoms with Gasteiger partial charge in [0.05, 0.1) is 12.8 Å². The van der Waals surface area contributed by atoms with Gasteiger partial charge in [-0.05, 0) is 42.0 Å². The van der Waals surface area contributed by atoms with E-state index >= 15 is 0 Å². The molecule has 0 radical (unpaired) electrons. The molecular weight excluding hydrogens is 342 g/mol. The zero-order valence-electron chi connectivity index (χ0n) is 15.0. The maximum Gasteiger partial charge on any atom is 0.242 e. The van der Waals surface area contributed by atoms with Crippen LogP contribution in [-0.4, -0.2) is 23.1 Å². The topological polar surface area (TPSA) is 77.3 Å². The van der Waals surface area contributed by atoms with Crippen LogP contribution in [0.15, 0.2) is 79.0 Å². The second-order valence-corrected chi connectivity index (χ2v) is 6.15. The molecule has 2 aromatic carbocycles. The van der Waals surface area contributed by atoms with E-state index in [0.29, 0.717) is 12.1 Å². The van der Waals surface area contributed by atoms with Crippen LogP contribution in [-0.2, 0) is 6.42 Å². The van der Waals surface area contributed by atoms with Gasteiger partial charge < -0.3 is 10.1 Å². The number of benzene rings is 2. The monoisotopic (exact) mass is 363 g/mol. The second-order valence-electron chi connectivity index (χ2n) is 6.15. The Bertz CT molecular complexity index is 855. The van der Waals surface area contributed by atoms with Gasteiger partial charge in [-0.2, -0.15) is 0 Å². The van der Waals surface area contributed by atoms with Crippen molar-refractivity contribution >= 4 is 5.69 Å². The highest BCUT2D eigenvalue weighted by Gasteiger charge is 2.34. The summed E-state index contributed by atoms with van der Waals surface area (Å²) >= 11 is 0. The molecule has 0 aliphatic rings. The number of anilines is 1. The predicted octanol–water partition coefficient (Wildman–Crippen LogP) is 4.13. The largest absolute Gasteiger partial charge is 0.497 e. The van der Waals surface area contributed by atoms with Gasteiger partial charge in [0.1, 0.15) is 11.8 Å². The van der Waals surface area contributed by atoms with Gasteiger partial charge in [-0.3, -0.25) is 15.1 Å². The third-order valence-corrected chi connectivity index (χ3v) is 4.36. The molecule has 1 aromatic heterocycles. The number of hydrogen-bond acceptors (Lipinski definition) is 5. The molecule has 0 amide bonds. The molecule has 0 aliphatic carbocycles. The lowest BCUT2D eigenvalue weighted by Crippen LogP contribution is -2.35. The summed E-state index contributed by atoms with van der Waals surface area (Å²) in [5.41, 5.74) is 2.31. The molecule has 1 heterocycles. The Morgan fingerprint density at radius 2 is 1.74 bits per heavy atom. The smallest absolute Gasteiger partial charge is 0.242 e. The van der Waals surface area contributed by atoms with Crippen LogP contribution in [0.2, 0.25) is 0 Å². The minimum absolute atomic E-state index is 0.233. The van der Waals surface area contributed by atoms with Crippen LogP contribution in [0.25, 0.3) is 0 Å². The Morgan fingerprint density at radius 1 is 1.04 bits per heavy atom. The molecule has 0 spiro atoms. The first-order valence-corrected chi connectivity index (χ1v) is 8.66. The van der Waals surface area contributed by atoms with Crippen molar-refractivity contribution in [3.63, 3.8) is 0 Å². The first-order valence-electron chi connectivity index (χ1n) is 8.66. The highest BCUT2D eigenvalue weighted by molar-refractivity contribution is 5.48. The van der Waals surface area contributed by atoms with E-state index in [1.165, 1.54) is 0 Å². The molecular formula is C21H21N3O3. The highest BCUT2D eigenvalue weighted by atomic mass is 16.6. The summed E-state index contributed by atoms with van der Waals surface area (Å²) < 4.78 is 5.18. The molecule has 3 rings (SSSR count). The van der Waals surface area contributed by atoms with Crippen molar-refractivity contribution in [1.29, 1.82) is 0 Å². The van der Waals surface area contributed by atoms with Crippen LogP contribution in [0.5, 0.6) is 5.75 Å². The van der Waals surface area contributed by atoms with Crippen LogP contribution in [0.4, 0.5) is 5.69 Å². The first kappa shape index (κ1) is 18.4. The van der Waals surface area contributed by atoms with Crippen LogP contribution >= 0.6 is 0 Å². The van der Waals surface area contributed by atoms with Crippen molar-refractivity contribution in [3.8, 4) is 5.75 Å². The van der Waals surface area contributed by atoms with Crippen LogP contribution in [0.3, 0.4) is 0 Å². The molecule has 0 aliphatic heterocycles. The standard InChI is InChI=1S/C21H21N3O3/c1-27-18-12-10-17(11-13-18)23-21(19-9-5-6-14-22-19)20(24(25)26)15-16-7-3-2-4-8-16/h2-14,20-21,23H,15H2,1H3/t20-,21+/m1/s1. The molecule has 1 N–H and O–H groups in total. The number of nitro groups is 1. The minimum atomic E-state index is -0.871. The molecule has 0 unspecified atom stereocenters. The van der Waals surface area contributed by atoms with Gasteiger partial charge in [-0.25, -0.2) is 0 Å². The molecule has 0 saturated heterocycles. The SMILES string of the molecule is COc1ccc(N[C@@H](c2ccccn2)[C@@H](Cc2ccccc2)[N+](=O)[O-])cc1. The van der Waals surface area contributed by atoms with E-state index in [4.69, 9.17) is 4.74 Å². The number of nitrogens with zero attached hydrogens (tertiary/aromatic N) is 2. The van der Waals surface area contributed by atoms with E-state index in [1.807, 2.05) is 66.7 Å². The van der Waals surface area contributed by atoms with E-state index in [-0.39, 0.29) is 4.92 Å². The lowest BCUT2D eigenvalue weighted by molar-refractivity contribution is -0.525. The molecule has 27 heavy (non-hydrogen) atoms. The summed E-state index contributed by atoms with van der Waals surface area (Å²) in [7, 11) is 1.60. The highest BCUT2D eigenvalue weighted by Crippen LogP contribution is 2.26. The summed E-state index contributed by atoms with van der Waals surface area (Å²) in [6.07, 6.45) is 1.95. The van der Waals surface area contributed by atoms with Crippen LogP contribution in [0, 0.1) is 10.1 Å². The van der Waals surface area contributed by atoms with Crippen molar-refractivity contribution in [2.24, 2.45) is 0 Å². The van der Waals surface area contributed by atoms with Gasteiger partial charge >= 0.3 is 0 Å². The van der Waals surface area contributed by atoms with Crippen molar-refractivity contribution in [2.75, 3.05) is 12.4 Å². The van der Waals surface area contributed by atoms with Crippen molar-refractivity contribution < 1.29 is 9.66 Å². The Balaban J connectivity index is 1.92. The number of pyridine rings is 1. The lowest BCUT2D eigenvalue weighted by atomic mass is 9.96. The van der Waals surface area contributed by atoms with E-state index < -0.39 is 12.1 Å². The zero-order valence-corrected chi connectivity index (χ0v) is 15.0. The average Bonchev–Trinajstić information content (AvgIpc) is 2.72. The minimum Gasteiger partial charge on any atom is -0.497 e. The van der Waals surface area contributed by atoms with E-state index in [9.17, 15) is 10.1 Å². The third-order valence-electron chi connectivity index (χ3n) is 4.36. The fourth-order valence-corrected chi connectivity index (χ4v) is 2.96. The van der Waals surface area contributed by atoms with Gasteiger partial charge in [0.15, 0.2) is 0 Å². The van der Waals surface area contributed by atoms with Gasteiger partial charge in [-0.15, -0.1) is 0 Å². The normalized spacial score (nSPS) is 12.8. The number of methoxy groups -OCH3 is 1. The maximum absolute atomic E-state index is 11.9.